The van der Waals surface area contributed by atoms with E-state index >= 15 is 0 Å². The third-order valence-corrected chi connectivity index (χ3v) is 4.15. The number of benzene rings is 2. The smallest absolute Gasteiger partial charge is 0.175 e. The van der Waals surface area contributed by atoms with E-state index in [1.54, 1.807) is 14.0 Å². The van der Waals surface area contributed by atoms with Crippen LogP contribution >= 0.6 is 27.5 Å². The molecule has 0 fully saturated rings. The van der Waals surface area contributed by atoms with E-state index in [0.29, 0.717) is 36.2 Å². The molecule has 0 saturated heterocycles. The molecule has 2 aromatic carbocycles. The zero-order valence-electron chi connectivity index (χ0n) is 13.7. The zero-order valence-corrected chi connectivity index (χ0v) is 16.0. The monoisotopic (exact) mass is 413 g/mol. The number of hydrogen-bond acceptors (Lipinski definition) is 4. The molecule has 0 aliphatic carbocycles. The van der Waals surface area contributed by atoms with Crippen LogP contribution in [0.3, 0.4) is 0 Å². The van der Waals surface area contributed by atoms with E-state index in [-0.39, 0.29) is 6.10 Å². The van der Waals surface area contributed by atoms with Crippen molar-refractivity contribution in [2.75, 3.05) is 13.7 Å². The quantitative estimate of drug-likeness (QED) is 0.681. The van der Waals surface area contributed by atoms with E-state index in [1.165, 1.54) is 0 Å². The van der Waals surface area contributed by atoms with Crippen molar-refractivity contribution in [1.82, 2.24) is 5.32 Å². The van der Waals surface area contributed by atoms with Gasteiger partial charge in [-0.05, 0) is 58.2 Å². The second-order valence-corrected chi connectivity index (χ2v) is 6.80. The third kappa shape index (κ3) is 5.67. The summed E-state index contributed by atoms with van der Waals surface area (Å²) in [6, 6.07) is 11.5. The lowest BCUT2D eigenvalue weighted by atomic mass is 10.2. The molecule has 0 amide bonds. The summed E-state index contributed by atoms with van der Waals surface area (Å²) in [5.74, 6) is 1.30. The van der Waals surface area contributed by atoms with Gasteiger partial charge in [-0.15, -0.1) is 0 Å². The minimum Gasteiger partial charge on any atom is -0.493 e. The summed E-state index contributed by atoms with van der Waals surface area (Å²) in [5, 5.41) is 13.2. The summed E-state index contributed by atoms with van der Waals surface area (Å²) in [7, 11) is 1.61. The molecular weight excluding hydrogens is 394 g/mol. The molecule has 6 heteroatoms. The van der Waals surface area contributed by atoms with Gasteiger partial charge in [-0.3, -0.25) is 0 Å². The molecule has 0 aliphatic heterocycles. The van der Waals surface area contributed by atoms with E-state index in [4.69, 9.17) is 21.1 Å². The van der Waals surface area contributed by atoms with Crippen molar-refractivity contribution >= 4 is 27.5 Å². The van der Waals surface area contributed by atoms with Crippen molar-refractivity contribution in [3.8, 4) is 11.5 Å². The van der Waals surface area contributed by atoms with Gasteiger partial charge in [0.15, 0.2) is 11.5 Å². The summed E-state index contributed by atoms with van der Waals surface area (Å²) >= 11 is 9.53. The Morgan fingerprint density at radius 3 is 2.71 bits per heavy atom. The van der Waals surface area contributed by atoms with Crippen LogP contribution < -0.4 is 14.8 Å². The average Bonchev–Trinajstić information content (AvgIpc) is 2.53. The van der Waals surface area contributed by atoms with Crippen LogP contribution in [0.2, 0.25) is 5.02 Å². The summed E-state index contributed by atoms with van der Waals surface area (Å²) in [5.41, 5.74) is 2.02. The van der Waals surface area contributed by atoms with E-state index < -0.39 is 0 Å². The Morgan fingerprint density at radius 1 is 1.25 bits per heavy atom. The minimum absolute atomic E-state index is 0.379. The molecule has 0 radical (unpaired) electrons. The van der Waals surface area contributed by atoms with Crippen LogP contribution in [0, 0.1) is 0 Å². The molecule has 0 heterocycles. The van der Waals surface area contributed by atoms with Crippen molar-refractivity contribution in [2.24, 2.45) is 0 Å². The van der Waals surface area contributed by atoms with Gasteiger partial charge in [0, 0.05) is 18.1 Å². The van der Waals surface area contributed by atoms with Crippen LogP contribution in [0.1, 0.15) is 18.1 Å². The molecule has 0 saturated carbocycles. The van der Waals surface area contributed by atoms with Gasteiger partial charge < -0.3 is 19.9 Å². The van der Waals surface area contributed by atoms with Crippen molar-refractivity contribution in [3.05, 3.63) is 57.0 Å². The lowest BCUT2D eigenvalue weighted by Crippen LogP contribution is -2.23. The number of hydrogen-bond donors (Lipinski definition) is 2. The van der Waals surface area contributed by atoms with Gasteiger partial charge in [-0.2, -0.15) is 0 Å². The highest BCUT2D eigenvalue weighted by Gasteiger charge is 2.12. The normalized spacial score (nSPS) is 12.0. The van der Waals surface area contributed by atoms with Gasteiger partial charge in [-0.1, -0.05) is 23.7 Å². The second-order valence-electron chi connectivity index (χ2n) is 5.51. The van der Waals surface area contributed by atoms with Crippen LogP contribution in [-0.4, -0.2) is 24.9 Å². The summed E-state index contributed by atoms with van der Waals surface area (Å²) in [6.45, 7) is 3.31. The number of ether oxygens (including phenoxy) is 2. The van der Waals surface area contributed by atoms with E-state index in [2.05, 4.69) is 21.2 Å². The Morgan fingerprint density at radius 2 is 2.04 bits per heavy atom. The maximum atomic E-state index is 9.30. The molecule has 0 unspecified atom stereocenters. The Labute approximate surface area is 155 Å². The number of methoxy groups -OCH3 is 1. The molecule has 2 aromatic rings. The van der Waals surface area contributed by atoms with Gasteiger partial charge in [0.25, 0.3) is 0 Å². The molecule has 2 rings (SSSR count). The molecule has 0 spiro atoms. The number of rotatable bonds is 8. The summed E-state index contributed by atoms with van der Waals surface area (Å²) < 4.78 is 12.2. The van der Waals surface area contributed by atoms with Gasteiger partial charge in [-0.25, -0.2) is 0 Å². The van der Waals surface area contributed by atoms with Crippen LogP contribution in [0.4, 0.5) is 0 Å². The highest BCUT2D eigenvalue weighted by molar-refractivity contribution is 9.10. The minimum atomic E-state index is -0.379. The first-order chi connectivity index (χ1) is 11.5. The fourth-order valence-corrected chi connectivity index (χ4v) is 3.04. The molecule has 130 valence electrons. The maximum Gasteiger partial charge on any atom is 0.175 e. The second kappa shape index (κ2) is 9.28. The van der Waals surface area contributed by atoms with Crippen LogP contribution in [0.15, 0.2) is 40.9 Å². The molecule has 0 aliphatic rings. The first-order valence-electron chi connectivity index (χ1n) is 7.62. The van der Waals surface area contributed by atoms with Crippen molar-refractivity contribution in [1.29, 1.82) is 0 Å². The Bertz CT molecular complexity index is 679. The summed E-state index contributed by atoms with van der Waals surface area (Å²) in [6.07, 6.45) is -0.379. The van der Waals surface area contributed by atoms with Crippen LogP contribution in [-0.2, 0) is 13.2 Å². The predicted octanol–water partition coefficient (Wildman–Crippen LogP) is 4.16. The van der Waals surface area contributed by atoms with Crippen molar-refractivity contribution in [3.63, 3.8) is 0 Å². The Balaban J connectivity index is 2.09. The fourth-order valence-electron chi connectivity index (χ4n) is 2.22. The number of aliphatic hydroxyl groups excluding tert-OH is 1. The van der Waals surface area contributed by atoms with Gasteiger partial charge in [0.1, 0.15) is 6.61 Å². The van der Waals surface area contributed by atoms with Gasteiger partial charge in [0.05, 0.1) is 17.7 Å². The standard InChI is InChI=1S/C18H21BrClNO3/c1-12(22)9-21-10-14-7-16(19)18(17(8-14)23-2)24-11-13-4-3-5-15(20)6-13/h3-8,12,21-22H,9-11H2,1-2H3/t12-/m1/s1. The maximum absolute atomic E-state index is 9.30. The lowest BCUT2D eigenvalue weighted by molar-refractivity contribution is 0.191. The predicted molar refractivity (Wildman–Crippen MR) is 99.9 cm³/mol. The van der Waals surface area contributed by atoms with E-state index in [0.717, 1.165) is 15.6 Å². The van der Waals surface area contributed by atoms with E-state index in [1.807, 2.05) is 36.4 Å². The Kier molecular flexibility index (Phi) is 7.37. The van der Waals surface area contributed by atoms with Crippen molar-refractivity contribution in [2.45, 2.75) is 26.2 Å². The number of nitrogens with one attached hydrogen (secondary N) is 1. The van der Waals surface area contributed by atoms with Crippen LogP contribution in [0.25, 0.3) is 0 Å². The van der Waals surface area contributed by atoms with Gasteiger partial charge >= 0.3 is 0 Å². The highest BCUT2D eigenvalue weighted by Crippen LogP contribution is 2.37. The topological polar surface area (TPSA) is 50.7 Å². The SMILES string of the molecule is COc1cc(CNC[C@@H](C)O)cc(Br)c1OCc1cccc(Cl)c1. The largest absolute Gasteiger partial charge is 0.493 e. The summed E-state index contributed by atoms with van der Waals surface area (Å²) in [4.78, 5) is 0. The van der Waals surface area contributed by atoms with Gasteiger partial charge in [0.2, 0.25) is 0 Å². The third-order valence-electron chi connectivity index (χ3n) is 3.33. The molecule has 0 aromatic heterocycles. The zero-order chi connectivity index (χ0) is 17.5. The molecule has 1 atom stereocenters. The molecule has 24 heavy (non-hydrogen) atoms. The molecule has 0 bridgehead atoms. The first kappa shape index (κ1) is 19.1. The number of aliphatic hydroxyl groups is 1. The molecule has 4 nitrogen and oxygen atoms in total. The molecule has 2 N–H and O–H groups in total. The first-order valence-corrected chi connectivity index (χ1v) is 8.79. The van der Waals surface area contributed by atoms with Crippen molar-refractivity contribution < 1.29 is 14.6 Å². The van der Waals surface area contributed by atoms with Crippen LogP contribution in [0.5, 0.6) is 11.5 Å². The van der Waals surface area contributed by atoms with E-state index in [9.17, 15) is 5.11 Å². The molecular formula is C18H21BrClNO3. The Hall–Kier alpha value is -1.27. The fraction of sp³-hybridized carbons (Fsp3) is 0.333. The number of halogens is 2. The average molecular weight is 415 g/mol. The lowest BCUT2D eigenvalue weighted by Gasteiger charge is -2.15. The highest BCUT2D eigenvalue weighted by atomic mass is 79.9.